The van der Waals surface area contributed by atoms with Gasteiger partial charge in [0.05, 0.1) is 6.61 Å². The van der Waals surface area contributed by atoms with Gasteiger partial charge >= 0.3 is 35.5 Å². The summed E-state index contributed by atoms with van der Waals surface area (Å²) in [6, 6.07) is 0. The summed E-state index contributed by atoms with van der Waals surface area (Å²) in [6.45, 7) is 2.30. The van der Waals surface area contributed by atoms with E-state index in [9.17, 15) is 4.79 Å². The van der Waals surface area contributed by atoms with Crippen LogP contribution in [0.3, 0.4) is 0 Å². The summed E-state index contributed by atoms with van der Waals surface area (Å²) in [7, 11) is 0. The van der Waals surface area contributed by atoms with Crippen LogP contribution in [0.1, 0.15) is 79.0 Å². The predicted octanol–water partition coefficient (Wildman–Crippen LogP) is 0.949. The van der Waals surface area contributed by atoms with Gasteiger partial charge < -0.3 is 11.3 Å². The zero-order valence-electron chi connectivity index (χ0n) is 14.0. The first-order chi connectivity index (χ1) is 8.81. The van der Waals surface area contributed by atoms with Crippen LogP contribution in [0, 0.1) is 0 Å². The molecule has 0 unspecified atom stereocenters. The zero-order chi connectivity index (χ0) is 13.5. The molecule has 0 heterocycles. The number of hydrogen-bond acceptors (Lipinski definition) is 3. The number of carbonyl (C=O) groups excluding carboxylic acids is 1. The topological polar surface area (TPSA) is 46.5 Å². The van der Waals surface area contributed by atoms with Crippen LogP contribution in [0.4, 0.5) is 0 Å². The van der Waals surface area contributed by atoms with Gasteiger partial charge in [0, 0.05) is 6.42 Å². The van der Waals surface area contributed by atoms with E-state index in [1.807, 2.05) is 0 Å². The Labute approximate surface area is 142 Å². The maximum atomic E-state index is 11.1. The third kappa shape index (κ3) is 18.4. The van der Waals surface area contributed by atoms with Gasteiger partial charge in [-0.05, 0) is 6.42 Å². The van der Waals surface area contributed by atoms with Crippen LogP contribution in [0.2, 0.25) is 0 Å². The monoisotopic (exact) mass is 282 g/mol. The summed E-state index contributed by atoms with van der Waals surface area (Å²) in [6.07, 6.45) is 13.2. The van der Waals surface area contributed by atoms with E-state index in [1.165, 1.54) is 51.4 Å². The van der Waals surface area contributed by atoms with Gasteiger partial charge in [0.1, 0.15) is 6.61 Å². The van der Waals surface area contributed by atoms with Crippen LogP contribution < -0.4 is 29.6 Å². The molecule has 0 spiro atoms. The number of aliphatic hydroxyl groups excluding tert-OH is 1. The van der Waals surface area contributed by atoms with Crippen molar-refractivity contribution in [2.24, 2.45) is 0 Å². The largest absolute Gasteiger partial charge is 1.00 e. The number of carbonyl (C=O) groups is 1. The van der Waals surface area contributed by atoms with Gasteiger partial charge in [0.25, 0.3) is 0 Å². The SMILES string of the molecule is CCCCCCCCCCCCC(=O)OCCO.[H-].[Na+]. The van der Waals surface area contributed by atoms with Gasteiger partial charge in [-0.2, -0.15) is 0 Å². The standard InChI is InChI=1S/C15H30O3.Na.H/c1-2-3-4-5-6-7-8-9-10-11-12-15(17)18-14-13-16;;/h16H,2-14H2,1H3;;/q;+1;-1. The Morgan fingerprint density at radius 1 is 0.947 bits per heavy atom. The number of unbranched alkanes of at least 4 members (excludes halogenated alkanes) is 9. The Balaban J connectivity index is -0.00000144. The third-order valence-corrected chi connectivity index (χ3v) is 3.09. The molecule has 0 aliphatic carbocycles. The summed E-state index contributed by atoms with van der Waals surface area (Å²) in [5.74, 6) is -0.177. The van der Waals surface area contributed by atoms with Crippen LogP contribution >= 0.6 is 0 Å². The summed E-state index contributed by atoms with van der Waals surface area (Å²) in [4.78, 5) is 11.1. The normalized spacial score (nSPS) is 10.0. The molecule has 0 rings (SSSR count). The summed E-state index contributed by atoms with van der Waals surface area (Å²) in [5.41, 5.74) is 0. The zero-order valence-corrected chi connectivity index (χ0v) is 15.0. The molecule has 0 fully saturated rings. The first kappa shape index (κ1) is 21.7. The van der Waals surface area contributed by atoms with Gasteiger partial charge in [-0.3, -0.25) is 4.79 Å². The van der Waals surface area contributed by atoms with Gasteiger partial charge in [0.15, 0.2) is 0 Å². The van der Waals surface area contributed by atoms with Crippen molar-refractivity contribution in [3.63, 3.8) is 0 Å². The smallest absolute Gasteiger partial charge is 1.00 e. The number of ether oxygens (including phenoxy) is 1. The van der Waals surface area contributed by atoms with E-state index >= 15 is 0 Å². The minimum Gasteiger partial charge on any atom is -1.00 e. The molecule has 0 amide bonds. The Bertz CT molecular complexity index is 192. The van der Waals surface area contributed by atoms with Gasteiger partial charge in [-0.25, -0.2) is 0 Å². The number of hydrogen-bond donors (Lipinski definition) is 1. The molecule has 0 aliphatic rings. The maximum Gasteiger partial charge on any atom is 1.00 e. The average molecular weight is 282 g/mol. The Morgan fingerprint density at radius 3 is 1.89 bits per heavy atom. The molecule has 0 aliphatic heterocycles. The van der Waals surface area contributed by atoms with Crippen LogP contribution in [0.15, 0.2) is 0 Å². The minimum atomic E-state index is -0.177. The van der Waals surface area contributed by atoms with Crippen molar-refractivity contribution in [3.05, 3.63) is 0 Å². The van der Waals surface area contributed by atoms with E-state index in [1.54, 1.807) is 0 Å². The quantitative estimate of drug-likeness (QED) is 0.311. The van der Waals surface area contributed by atoms with Gasteiger partial charge in [-0.15, -0.1) is 0 Å². The number of esters is 1. The Hall–Kier alpha value is 0.430. The first-order valence-corrected chi connectivity index (χ1v) is 7.57. The molecule has 110 valence electrons. The molecule has 4 heteroatoms. The molecule has 0 aromatic heterocycles. The van der Waals surface area contributed by atoms with E-state index < -0.39 is 0 Å². The molecule has 19 heavy (non-hydrogen) atoms. The average Bonchev–Trinajstić information content (AvgIpc) is 2.38. The van der Waals surface area contributed by atoms with E-state index in [0.717, 1.165) is 12.8 Å². The molecule has 0 aromatic carbocycles. The molecule has 0 bridgehead atoms. The molecule has 0 saturated heterocycles. The Kier molecular flexibility index (Phi) is 21.1. The van der Waals surface area contributed by atoms with Crippen LogP contribution in [-0.2, 0) is 9.53 Å². The van der Waals surface area contributed by atoms with Crippen LogP contribution in [-0.4, -0.2) is 24.3 Å². The molecule has 0 aromatic rings. The van der Waals surface area contributed by atoms with Crippen LogP contribution in [0.25, 0.3) is 0 Å². The van der Waals surface area contributed by atoms with Gasteiger partial charge in [-0.1, -0.05) is 64.7 Å². The fourth-order valence-corrected chi connectivity index (χ4v) is 1.99. The van der Waals surface area contributed by atoms with E-state index in [-0.39, 0.29) is 50.2 Å². The fourth-order valence-electron chi connectivity index (χ4n) is 1.99. The van der Waals surface area contributed by atoms with E-state index in [4.69, 9.17) is 9.84 Å². The van der Waals surface area contributed by atoms with Crippen molar-refractivity contribution in [2.75, 3.05) is 13.2 Å². The molecule has 0 atom stereocenters. The number of aliphatic hydroxyl groups is 1. The molecular weight excluding hydrogens is 251 g/mol. The maximum absolute atomic E-state index is 11.1. The third-order valence-electron chi connectivity index (χ3n) is 3.09. The molecule has 3 nitrogen and oxygen atoms in total. The summed E-state index contributed by atoms with van der Waals surface area (Å²) in [5, 5.41) is 8.48. The van der Waals surface area contributed by atoms with Crippen molar-refractivity contribution in [3.8, 4) is 0 Å². The molecule has 1 N–H and O–H groups in total. The number of rotatable bonds is 13. The van der Waals surface area contributed by atoms with Crippen molar-refractivity contribution in [2.45, 2.75) is 77.6 Å². The Morgan fingerprint density at radius 2 is 1.42 bits per heavy atom. The van der Waals surface area contributed by atoms with Gasteiger partial charge in [0.2, 0.25) is 0 Å². The summed E-state index contributed by atoms with van der Waals surface area (Å²) < 4.78 is 4.78. The van der Waals surface area contributed by atoms with Crippen molar-refractivity contribution >= 4 is 5.97 Å². The van der Waals surface area contributed by atoms with E-state index in [2.05, 4.69) is 6.92 Å². The fraction of sp³-hybridized carbons (Fsp3) is 0.933. The molecule has 0 saturated carbocycles. The van der Waals surface area contributed by atoms with Crippen molar-refractivity contribution < 1.29 is 45.6 Å². The van der Waals surface area contributed by atoms with Crippen molar-refractivity contribution in [1.82, 2.24) is 0 Å². The second kappa shape index (κ2) is 18.4. The minimum absolute atomic E-state index is 0. The van der Waals surface area contributed by atoms with Crippen LogP contribution in [0.5, 0.6) is 0 Å². The second-order valence-electron chi connectivity index (χ2n) is 4.88. The first-order valence-electron chi connectivity index (χ1n) is 7.57. The van der Waals surface area contributed by atoms with Crippen molar-refractivity contribution in [1.29, 1.82) is 0 Å². The summed E-state index contributed by atoms with van der Waals surface area (Å²) >= 11 is 0. The second-order valence-corrected chi connectivity index (χ2v) is 4.88. The van der Waals surface area contributed by atoms with E-state index in [0.29, 0.717) is 6.42 Å². The molecule has 0 radical (unpaired) electrons. The molecular formula is C15H31NaO3. The predicted molar refractivity (Wildman–Crippen MR) is 75.6 cm³/mol.